The van der Waals surface area contributed by atoms with E-state index in [0.717, 1.165) is 12.5 Å². The quantitative estimate of drug-likeness (QED) is 0.0650. The molecule has 0 aromatic rings. The number of nitrogens with one attached hydrogen (secondary N) is 1. The number of hydrogen-bond acceptors (Lipinski definition) is 2. The second-order valence-corrected chi connectivity index (χ2v) is 15.0. The molecule has 0 bridgehead atoms. The maximum Gasteiger partial charge on any atom is -0.00489 e. The summed E-state index contributed by atoms with van der Waals surface area (Å²) >= 11 is 0. The smallest absolute Gasteiger partial charge is 0.00489 e. The molecule has 1 unspecified atom stereocenters. The van der Waals surface area contributed by atoms with Crippen LogP contribution in [0.5, 0.6) is 0 Å². The Labute approximate surface area is 294 Å². The van der Waals surface area contributed by atoms with Gasteiger partial charge >= 0.3 is 0 Å². The molecule has 0 saturated heterocycles. The van der Waals surface area contributed by atoms with Crippen molar-refractivity contribution in [3.8, 4) is 0 Å². The first-order chi connectivity index (χ1) is 22.8. The van der Waals surface area contributed by atoms with Crippen molar-refractivity contribution in [1.29, 1.82) is 0 Å². The van der Waals surface area contributed by atoms with Gasteiger partial charge in [-0.2, -0.15) is 0 Å². The average Bonchev–Trinajstić information content (AvgIpc) is 3.07. The Morgan fingerprint density at radius 3 is 0.783 bits per heavy atom. The zero-order valence-electron chi connectivity index (χ0n) is 33.2. The van der Waals surface area contributed by atoms with Gasteiger partial charge in [0.25, 0.3) is 0 Å². The fourth-order valence-electron chi connectivity index (χ4n) is 6.70. The van der Waals surface area contributed by atoms with Gasteiger partial charge in [-0.05, 0) is 44.8 Å². The Hall–Kier alpha value is -0.0800. The van der Waals surface area contributed by atoms with Crippen molar-refractivity contribution in [2.24, 2.45) is 11.7 Å². The number of nitrogens with two attached hydrogens (primary N) is 1. The first kappa shape index (κ1) is 48.0. The Bertz CT molecular complexity index is 441. The third-order valence-corrected chi connectivity index (χ3v) is 10.3. The number of rotatable bonds is 39. The van der Waals surface area contributed by atoms with Crippen LogP contribution < -0.4 is 11.1 Å². The molecule has 280 valence electrons. The lowest BCUT2D eigenvalue weighted by Gasteiger charge is -2.09. The summed E-state index contributed by atoms with van der Waals surface area (Å²) in [6.07, 6.45) is 51.9. The molecule has 0 amide bonds. The summed E-state index contributed by atoms with van der Waals surface area (Å²) in [7, 11) is 0. The van der Waals surface area contributed by atoms with Crippen LogP contribution in [-0.2, 0) is 0 Å². The van der Waals surface area contributed by atoms with Crippen LogP contribution in [0.2, 0.25) is 0 Å². The van der Waals surface area contributed by atoms with Crippen LogP contribution in [0.25, 0.3) is 0 Å². The molecule has 0 aliphatic heterocycles. The molecule has 0 aromatic carbocycles. The molecule has 0 aliphatic carbocycles. The average molecular weight is 651 g/mol. The van der Waals surface area contributed by atoms with Gasteiger partial charge in [0, 0.05) is 0 Å². The lowest BCUT2D eigenvalue weighted by molar-refractivity contribution is 0.461. The SMILES string of the molecule is CCCCC(CC)CN.CCCCCCCCCCCCCCCCCCNCCCCCCCCCCCCCCCCCC. The van der Waals surface area contributed by atoms with Crippen LogP contribution in [0.15, 0.2) is 0 Å². The third kappa shape index (κ3) is 46.0. The monoisotopic (exact) mass is 651 g/mol. The molecule has 0 radical (unpaired) electrons. The summed E-state index contributed by atoms with van der Waals surface area (Å²) in [6.45, 7) is 12.4. The first-order valence-electron chi connectivity index (χ1n) is 22.2. The molecular formula is C44H94N2. The van der Waals surface area contributed by atoms with E-state index >= 15 is 0 Å². The molecule has 0 rings (SSSR count). The minimum Gasteiger partial charge on any atom is -0.330 e. The highest BCUT2D eigenvalue weighted by Crippen LogP contribution is 2.15. The van der Waals surface area contributed by atoms with Crippen molar-refractivity contribution in [2.45, 2.75) is 259 Å². The van der Waals surface area contributed by atoms with Crippen LogP contribution in [0, 0.1) is 5.92 Å². The van der Waals surface area contributed by atoms with E-state index < -0.39 is 0 Å². The Kier molecular flexibility index (Phi) is 49.1. The highest BCUT2D eigenvalue weighted by molar-refractivity contribution is 4.57. The molecule has 2 heteroatoms. The van der Waals surface area contributed by atoms with Crippen LogP contribution in [0.3, 0.4) is 0 Å². The summed E-state index contributed by atoms with van der Waals surface area (Å²) in [5, 5.41) is 3.68. The molecular weight excluding hydrogens is 556 g/mol. The van der Waals surface area contributed by atoms with E-state index in [2.05, 4.69) is 33.0 Å². The summed E-state index contributed by atoms with van der Waals surface area (Å²) in [6, 6.07) is 0. The van der Waals surface area contributed by atoms with Crippen molar-refractivity contribution in [2.75, 3.05) is 19.6 Å². The van der Waals surface area contributed by atoms with Crippen LogP contribution in [-0.4, -0.2) is 19.6 Å². The topological polar surface area (TPSA) is 38.0 Å². The van der Waals surface area contributed by atoms with Crippen LogP contribution >= 0.6 is 0 Å². The van der Waals surface area contributed by atoms with Gasteiger partial charge in [0.15, 0.2) is 0 Å². The van der Waals surface area contributed by atoms with Crippen LogP contribution in [0.4, 0.5) is 0 Å². The molecule has 0 aromatic heterocycles. The second-order valence-electron chi connectivity index (χ2n) is 15.0. The van der Waals surface area contributed by atoms with Gasteiger partial charge in [-0.25, -0.2) is 0 Å². The molecule has 46 heavy (non-hydrogen) atoms. The van der Waals surface area contributed by atoms with E-state index in [4.69, 9.17) is 5.73 Å². The predicted molar refractivity (Wildman–Crippen MR) is 214 cm³/mol. The zero-order chi connectivity index (χ0) is 33.9. The van der Waals surface area contributed by atoms with Crippen LogP contribution in [0.1, 0.15) is 259 Å². The van der Waals surface area contributed by atoms with Gasteiger partial charge in [0.1, 0.15) is 0 Å². The second kappa shape index (κ2) is 47.0. The van der Waals surface area contributed by atoms with Gasteiger partial charge in [-0.1, -0.05) is 240 Å². The molecule has 3 N–H and O–H groups in total. The Balaban J connectivity index is 0. The van der Waals surface area contributed by atoms with Gasteiger partial charge < -0.3 is 11.1 Å². The largest absolute Gasteiger partial charge is 0.330 e. The van der Waals surface area contributed by atoms with E-state index in [1.807, 2.05) is 0 Å². The molecule has 0 saturated carbocycles. The van der Waals surface area contributed by atoms with Gasteiger partial charge in [-0.3, -0.25) is 0 Å². The lowest BCUT2D eigenvalue weighted by atomic mass is 10.00. The van der Waals surface area contributed by atoms with Crippen molar-refractivity contribution < 1.29 is 0 Å². The Morgan fingerprint density at radius 1 is 0.326 bits per heavy atom. The summed E-state index contributed by atoms with van der Waals surface area (Å²) < 4.78 is 0. The molecule has 2 nitrogen and oxygen atoms in total. The maximum absolute atomic E-state index is 5.52. The van der Waals surface area contributed by atoms with E-state index in [9.17, 15) is 0 Å². The van der Waals surface area contributed by atoms with Gasteiger partial charge in [-0.15, -0.1) is 0 Å². The fourth-order valence-corrected chi connectivity index (χ4v) is 6.70. The van der Waals surface area contributed by atoms with Crippen molar-refractivity contribution in [3.63, 3.8) is 0 Å². The lowest BCUT2D eigenvalue weighted by Crippen LogP contribution is -2.16. The molecule has 0 aliphatic rings. The standard InChI is InChI=1S/C36H75N.C8H19N/c1-3-5-7-9-11-13-15-17-19-21-23-25-27-29-31-33-35-37-36-34-32-30-28-26-24-22-20-18-16-14-12-10-8-6-4-2;1-3-5-6-8(4-2)7-9/h37H,3-36H2,1-2H3;8H,3-7,9H2,1-2H3. The van der Waals surface area contributed by atoms with E-state index in [-0.39, 0.29) is 0 Å². The highest BCUT2D eigenvalue weighted by Gasteiger charge is 2.01. The minimum atomic E-state index is 0.782. The summed E-state index contributed by atoms with van der Waals surface area (Å²) in [5.41, 5.74) is 5.52. The molecule has 1 atom stereocenters. The number of unbranched alkanes of at least 4 members (excludes halogenated alkanes) is 31. The van der Waals surface area contributed by atoms with Crippen molar-refractivity contribution in [3.05, 3.63) is 0 Å². The fraction of sp³-hybridized carbons (Fsp3) is 1.00. The van der Waals surface area contributed by atoms with Crippen molar-refractivity contribution >= 4 is 0 Å². The van der Waals surface area contributed by atoms with E-state index in [0.29, 0.717) is 0 Å². The molecule has 0 spiro atoms. The maximum atomic E-state index is 5.52. The summed E-state index contributed by atoms with van der Waals surface area (Å²) in [5.74, 6) is 0.782. The number of hydrogen-bond donors (Lipinski definition) is 2. The summed E-state index contributed by atoms with van der Waals surface area (Å²) in [4.78, 5) is 0. The first-order valence-corrected chi connectivity index (χ1v) is 22.2. The van der Waals surface area contributed by atoms with E-state index in [1.165, 1.54) is 244 Å². The third-order valence-electron chi connectivity index (χ3n) is 10.3. The van der Waals surface area contributed by atoms with Crippen molar-refractivity contribution in [1.82, 2.24) is 5.32 Å². The van der Waals surface area contributed by atoms with Gasteiger partial charge in [0.05, 0.1) is 0 Å². The normalized spacial score (nSPS) is 11.9. The zero-order valence-corrected chi connectivity index (χ0v) is 33.2. The minimum absolute atomic E-state index is 0.782. The predicted octanol–water partition coefficient (Wildman–Crippen LogP) is 15.3. The van der Waals surface area contributed by atoms with E-state index in [1.54, 1.807) is 0 Å². The highest BCUT2D eigenvalue weighted by atomic mass is 14.8. The molecule has 0 heterocycles. The van der Waals surface area contributed by atoms with Gasteiger partial charge in [0.2, 0.25) is 0 Å². The molecule has 0 fully saturated rings. The Morgan fingerprint density at radius 2 is 0.565 bits per heavy atom.